The van der Waals surface area contributed by atoms with E-state index in [2.05, 4.69) is 15.7 Å². The Bertz CT molecular complexity index is 402. The summed E-state index contributed by atoms with van der Waals surface area (Å²) in [6.07, 6.45) is 2.00. The molecule has 0 radical (unpaired) electrons. The fourth-order valence-electron chi connectivity index (χ4n) is 1.12. The van der Waals surface area contributed by atoms with Crippen LogP contribution >= 0.6 is 23.4 Å². The Balaban J connectivity index is 2.71. The van der Waals surface area contributed by atoms with E-state index in [9.17, 15) is 4.79 Å². The molecule has 0 fully saturated rings. The van der Waals surface area contributed by atoms with Gasteiger partial charge in [0, 0.05) is 17.4 Å². The Labute approximate surface area is 109 Å². The molecule has 94 valence electrons. The summed E-state index contributed by atoms with van der Waals surface area (Å²) in [4.78, 5) is 15.7. The summed E-state index contributed by atoms with van der Waals surface area (Å²) in [6.45, 7) is 2.64. The Morgan fingerprint density at radius 1 is 1.65 bits per heavy atom. The predicted octanol–water partition coefficient (Wildman–Crippen LogP) is 1.50. The number of nitrogens with two attached hydrogens (primary N) is 1. The van der Waals surface area contributed by atoms with Crippen LogP contribution in [0.1, 0.15) is 17.3 Å². The standard InChI is InChI=1S/C10H15ClN4OS/c1-6(17-2)5-13-10(16)7-3-8(11)14-9(4-7)15-12/h3-4,6H,5,12H2,1-2H3,(H,13,16)(H,14,15). The lowest BCUT2D eigenvalue weighted by Crippen LogP contribution is -2.29. The molecule has 1 amide bonds. The maximum atomic E-state index is 11.8. The van der Waals surface area contributed by atoms with Crippen LogP contribution in [0, 0.1) is 0 Å². The summed E-state index contributed by atoms with van der Waals surface area (Å²) < 4.78 is 0. The van der Waals surface area contributed by atoms with E-state index in [0.29, 0.717) is 23.2 Å². The predicted molar refractivity (Wildman–Crippen MR) is 72.4 cm³/mol. The minimum absolute atomic E-state index is 0.188. The smallest absolute Gasteiger partial charge is 0.251 e. The maximum absolute atomic E-state index is 11.8. The molecule has 1 unspecified atom stereocenters. The van der Waals surface area contributed by atoms with Crippen molar-refractivity contribution in [3.63, 3.8) is 0 Å². The van der Waals surface area contributed by atoms with Gasteiger partial charge in [-0.25, -0.2) is 10.8 Å². The zero-order chi connectivity index (χ0) is 12.8. The largest absolute Gasteiger partial charge is 0.351 e. The second-order valence-electron chi connectivity index (χ2n) is 3.46. The minimum Gasteiger partial charge on any atom is -0.351 e. The molecule has 0 aliphatic carbocycles. The summed E-state index contributed by atoms with van der Waals surface area (Å²) in [5.41, 5.74) is 2.80. The van der Waals surface area contributed by atoms with E-state index in [4.69, 9.17) is 17.4 Å². The molecule has 1 aromatic rings. The fraction of sp³-hybridized carbons (Fsp3) is 0.400. The van der Waals surface area contributed by atoms with Gasteiger partial charge in [-0.1, -0.05) is 18.5 Å². The van der Waals surface area contributed by atoms with Crippen LogP contribution in [0.25, 0.3) is 0 Å². The SMILES string of the molecule is CSC(C)CNC(=O)c1cc(Cl)nc(NN)c1. The van der Waals surface area contributed by atoms with E-state index in [1.807, 2.05) is 13.2 Å². The molecule has 0 bridgehead atoms. The van der Waals surface area contributed by atoms with Gasteiger partial charge in [0.15, 0.2) is 0 Å². The van der Waals surface area contributed by atoms with Gasteiger partial charge in [0.1, 0.15) is 11.0 Å². The lowest BCUT2D eigenvalue weighted by atomic mass is 10.2. The third-order valence-electron chi connectivity index (χ3n) is 2.16. The van der Waals surface area contributed by atoms with Crippen LogP contribution in [-0.4, -0.2) is 28.9 Å². The molecule has 1 atom stereocenters. The van der Waals surface area contributed by atoms with E-state index < -0.39 is 0 Å². The number of aromatic nitrogens is 1. The van der Waals surface area contributed by atoms with Crippen LogP contribution in [0.3, 0.4) is 0 Å². The first-order chi connectivity index (χ1) is 8.06. The number of thioether (sulfide) groups is 1. The number of carbonyl (C=O) groups excluding carboxylic acids is 1. The molecule has 0 saturated heterocycles. The second-order valence-corrected chi connectivity index (χ2v) is 5.13. The first-order valence-corrected chi connectivity index (χ1v) is 6.68. The van der Waals surface area contributed by atoms with Crippen molar-refractivity contribution in [1.29, 1.82) is 0 Å². The van der Waals surface area contributed by atoms with Gasteiger partial charge in [-0.3, -0.25) is 4.79 Å². The average Bonchev–Trinajstić information content (AvgIpc) is 2.34. The number of hydrogen-bond donors (Lipinski definition) is 3. The van der Waals surface area contributed by atoms with Crippen molar-refractivity contribution in [3.05, 3.63) is 22.8 Å². The molecule has 4 N–H and O–H groups in total. The third kappa shape index (κ3) is 4.41. The normalized spacial score (nSPS) is 12.0. The highest BCUT2D eigenvalue weighted by Crippen LogP contribution is 2.13. The molecule has 0 aromatic carbocycles. The Hall–Kier alpha value is -0.980. The number of carbonyl (C=O) groups is 1. The highest BCUT2D eigenvalue weighted by molar-refractivity contribution is 7.99. The van der Waals surface area contributed by atoms with Gasteiger partial charge in [0.05, 0.1) is 0 Å². The summed E-state index contributed by atoms with van der Waals surface area (Å²) in [5, 5.41) is 3.40. The van der Waals surface area contributed by atoms with Gasteiger partial charge < -0.3 is 10.7 Å². The van der Waals surface area contributed by atoms with Crippen LogP contribution in [0.5, 0.6) is 0 Å². The van der Waals surface area contributed by atoms with Crippen molar-refractivity contribution in [1.82, 2.24) is 10.3 Å². The molecule has 7 heteroatoms. The van der Waals surface area contributed by atoms with E-state index in [1.165, 1.54) is 6.07 Å². The van der Waals surface area contributed by atoms with Gasteiger partial charge in [0.2, 0.25) is 0 Å². The highest BCUT2D eigenvalue weighted by atomic mass is 35.5. The average molecular weight is 275 g/mol. The zero-order valence-electron chi connectivity index (χ0n) is 9.66. The fourth-order valence-corrected chi connectivity index (χ4v) is 1.58. The van der Waals surface area contributed by atoms with Gasteiger partial charge in [-0.05, 0) is 18.4 Å². The highest BCUT2D eigenvalue weighted by Gasteiger charge is 2.09. The molecular weight excluding hydrogens is 260 g/mol. The molecular formula is C10H15ClN4OS. The lowest BCUT2D eigenvalue weighted by molar-refractivity contribution is 0.0954. The number of anilines is 1. The summed E-state index contributed by atoms with van der Waals surface area (Å²) in [5.74, 6) is 5.40. The minimum atomic E-state index is -0.188. The number of hydrogen-bond acceptors (Lipinski definition) is 5. The summed E-state index contributed by atoms with van der Waals surface area (Å²) in [6, 6.07) is 3.05. The van der Waals surface area contributed by atoms with Crippen LogP contribution in [0.2, 0.25) is 5.15 Å². The molecule has 0 spiro atoms. The number of halogens is 1. The Kier molecular flexibility index (Phi) is 5.54. The monoisotopic (exact) mass is 274 g/mol. The molecule has 5 nitrogen and oxygen atoms in total. The van der Waals surface area contributed by atoms with Gasteiger partial charge in [-0.15, -0.1) is 0 Å². The number of nitrogens with one attached hydrogen (secondary N) is 2. The quantitative estimate of drug-likeness (QED) is 0.431. The maximum Gasteiger partial charge on any atom is 0.251 e. The van der Waals surface area contributed by atoms with Crippen molar-refractivity contribution in [2.75, 3.05) is 18.2 Å². The molecule has 1 heterocycles. The lowest BCUT2D eigenvalue weighted by Gasteiger charge is -2.10. The Morgan fingerprint density at radius 3 is 2.94 bits per heavy atom. The van der Waals surface area contributed by atoms with Crippen molar-refractivity contribution < 1.29 is 4.79 Å². The molecule has 0 aliphatic rings. The number of amides is 1. The van der Waals surface area contributed by atoms with Gasteiger partial charge in [0.25, 0.3) is 5.91 Å². The van der Waals surface area contributed by atoms with Crippen LogP contribution in [-0.2, 0) is 0 Å². The number of hydrazine groups is 1. The molecule has 1 rings (SSSR count). The molecule has 17 heavy (non-hydrogen) atoms. The number of nitrogens with zero attached hydrogens (tertiary/aromatic N) is 1. The summed E-state index contributed by atoms with van der Waals surface area (Å²) in [7, 11) is 0. The van der Waals surface area contributed by atoms with E-state index in [-0.39, 0.29) is 11.1 Å². The first kappa shape index (κ1) is 14.1. The van der Waals surface area contributed by atoms with Crippen LogP contribution in [0.4, 0.5) is 5.82 Å². The molecule has 1 aromatic heterocycles. The van der Waals surface area contributed by atoms with Crippen LogP contribution < -0.4 is 16.6 Å². The van der Waals surface area contributed by atoms with E-state index >= 15 is 0 Å². The van der Waals surface area contributed by atoms with Crippen molar-refractivity contribution in [3.8, 4) is 0 Å². The van der Waals surface area contributed by atoms with Crippen molar-refractivity contribution >= 4 is 35.1 Å². The van der Waals surface area contributed by atoms with Crippen LogP contribution in [0.15, 0.2) is 12.1 Å². The zero-order valence-corrected chi connectivity index (χ0v) is 11.2. The molecule has 0 saturated carbocycles. The van der Waals surface area contributed by atoms with Gasteiger partial charge >= 0.3 is 0 Å². The number of pyridine rings is 1. The first-order valence-electron chi connectivity index (χ1n) is 5.02. The van der Waals surface area contributed by atoms with Crippen molar-refractivity contribution in [2.24, 2.45) is 5.84 Å². The summed E-state index contributed by atoms with van der Waals surface area (Å²) >= 11 is 7.46. The number of nitrogen functional groups attached to an aromatic ring is 1. The van der Waals surface area contributed by atoms with E-state index in [0.717, 1.165) is 0 Å². The second kappa shape index (κ2) is 6.68. The van der Waals surface area contributed by atoms with E-state index in [1.54, 1.807) is 17.8 Å². The number of rotatable bonds is 5. The van der Waals surface area contributed by atoms with Gasteiger partial charge in [-0.2, -0.15) is 11.8 Å². The molecule has 0 aliphatic heterocycles. The van der Waals surface area contributed by atoms with Crippen molar-refractivity contribution in [2.45, 2.75) is 12.2 Å². The topological polar surface area (TPSA) is 80.0 Å². The Morgan fingerprint density at radius 2 is 2.35 bits per heavy atom. The third-order valence-corrected chi connectivity index (χ3v) is 3.32.